The van der Waals surface area contributed by atoms with Crippen LogP contribution in [0.3, 0.4) is 0 Å². The maximum Gasteiger partial charge on any atom is 0.159 e. The molecule has 6 aromatic rings. The van der Waals surface area contributed by atoms with E-state index in [1.807, 2.05) is 70.3 Å². The van der Waals surface area contributed by atoms with Crippen molar-refractivity contribution in [3.05, 3.63) is 104 Å². The molecule has 2 N–H and O–H groups in total. The Morgan fingerprint density at radius 1 is 0.879 bits per heavy atom. The molecule has 4 aromatic heterocycles. The third-order valence-electron chi connectivity index (χ3n) is 5.59. The number of aromatic nitrogens is 4. The average molecular weight is 432 g/mol. The summed E-state index contributed by atoms with van der Waals surface area (Å²) in [5, 5.41) is 6.48. The zero-order valence-corrected chi connectivity index (χ0v) is 17.6. The summed E-state index contributed by atoms with van der Waals surface area (Å²) in [4.78, 5) is 4.48. The number of fused-ring (bicyclic) bond motifs is 3. The van der Waals surface area contributed by atoms with E-state index in [2.05, 4.69) is 38.9 Å². The summed E-state index contributed by atoms with van der Waals surface area (Å²) in [7, 11) is 0. The molecule has 4 heterocycles. The minimum Gasteiger partial charge on any atom is -0.454 e. The van der Waals surface area contributed by atoms with Gasteiger partial charge in [-0.15, -0.1) is 0 Å². The highest BCUT2D eigenvalue weighted by molar-refractivity contribution is 6.08. The predicted octanol–water partition coefficient (Wildman–Crippen LogP) is 5.53. The van der Waals surface area contributed by atoms with Crippen molar-refractivity contribution in [3.63, 3.8) is 0 Å². The third kappa shape index (κ3) is 3.14. The highest BCUT2D eigenvalue weighted by atomic mass is 16.3. The van der Waals surface area contributed by atoms with Gasteiger partial charge in [0.25, 0.3) is 0 Å². The van der Waals surface area contributed by atoms with E-state index in [0.717, 1.165) is 44.9 Å². The fraction of sp³-hybridized carbons (Fsp3) is 0. The molecule has 33 heavy (non-hydrogen) atoms. The lowest BCUT2D eigenvalue weighted by atomic mass is 10.1. The van der Waals surface area contributed by atoms with Crippen LogP contribution >= 0.6 is 0 Å². The fourth-order valence-corrected chi connectivity index (χ4v) is 4.14. The number of furan rings is 1. The second kappa shape index (κ2) is 7.72. The van der Waals surface area contributed by atoms with Gasteiger partial charge in [-0.1, -0.05) is 12.1 Å². The van der Waals surface area contributed by atoms with Crippen molar-refractivity contribution in [2.75, 3.05) is 0 Å². The zero-order chi connectivity index (χ0) is 22.2. The number of hydrogen-bond donors (Lipinski definition) is 1. The maximum atomic E-state index is 6.35. The van der Waals surface area contributed by atoms with Gasteiger partial charge in [-0.2, -0.15) is 5.10 Å². The first kappa shape index (κ1) is 18.9. The van der Waals surface area contributed by atoms with Gasteiger partial charge in [0.05, 0.1) is 5.69 Å². The summed E-state index contributed by atoms with van der Waals surface area (Å²) in [6.45, 7) is 0. The van der Waals surface area contributed by atoms with Gasteiger partial charge >= 0.3 is 0 Å². The largest absolute Gasteiger partial charge is 0.454 e. The minimum atomic E-state index is 0.817. The van der Waals surface area contributed by atoms with Crippen LogP contribution in [0, 0.1) is 0 Å². The highest BCUT2D eigenvalue weighted by Gasteiger charge is 2.15. The fourth-order valence-electron chi connectivity index (χ4n) is 4.14. The first-order chi connectivity index (χ1) is 16.3. The Balaban J connectivity index is 1.50. The molecule has 0 fully saturated rings. The van der Waals surface area contributed by atoms with Gasteiger partial charge in [0, 0.05) is 47.5 Å². The second-order valence-corrected chi connectivity index (χ2v) is 7.52. The van der Waals surface area contributed by atoms with Crippen molar-refractivity contribution < 1.29 is 4.42 Å². The van der Waals surface area contributed by atoms with Crippen molar-refractivity contribution in [3.8, 4) is 17.2 Å². The number of rotatable bonds is 5. The molecule has 0 amide bonds. The standard InChI is InChI=1S/C26H20N6O/c27-12-4-13-28-24-8-2-15-30(24)19-10-11-23-21(18-19)20-6-1-7-22(26(20)33-23)31-16-3-9-25(31)32-17-5-14-29-32/h1-18H,27H2. The van der Waals surface area contributed by atoms with Gasteiger partial charge in [0.15, 0.2) is 5.58 Å². The average Bonchev–Trinajstić information content (AvgIpc) is 3.64. The topological polar surface area (TPSA) is 79.2 Å². The molecule has 0 radical (unpaired) electrons. The van der Waals surface area contributed by atoms with Crippen LogP contribution in [0.2, 0.25) is 0 Å². The van der Waals surface area contributed by atoms with Crippen molar-refractivity contribution in [2.24, 2.45) is 10.7 Å². The molecular weight excluding hydrogens is 412 g/mol. The molecule has 2 aromatic carbocycles. The lowest BCUT2D eigenvalue weighted by Gasteiger charge is -2.09. The molecule has 0 saturated heterocycles. The normalized spacial score (nSPS) is 12.1. The molecule has 0 aliphatic rings. The van der Waals surface area contributed by atoms with Gasteiger partial charge in [0.2, 0.25) is 0 Å². The molecule has 7 heteroatoms. The number of para-hydroxylation sites is 1. The van der Waals surface area contributed by atoms with Crippen LogP contribution in [-0.2, 0) is 0 Å². The molecule has 0 saturated carbocycles. The van der Waals surface area contributed by atoms with E-state index in [9.17, 15) is 0 Å². The van der Waals surface area contributed by atoms with Crippen molar-refractivity contribution in [1.29, 1.82) is 0 Å². The van der Waals surface area contributed by atoms with E-state index in [0.29, 0.717) is 0 Å². The lowest BCUT2D eigenvalue weighted by Crippen LogP contribution is -2.03. The molecule has 0 aliphatic heterocycles. The number of nitrogens with two attached hydrogens (primary N) is 1. The van der Waals surface area contributed by atoms with Gasteiger partial charge in [-0.3, -0.25) is 4.57 Å². The first-order valence-corrected chi connectivity index (χ1v) is 10.6. The SMILES string of the molecule is NC=CC=Nc1cccn1-c1ccc2oc3c(-n4cccc4-n4cccn4)cccc3c2c1. The minimum absolute atomic E-state index is 0.817. The van der Waals surface area contributed by atoms with Crippen LogP contribution in [0.1, 0.15) is 0 Å². The predicted molar refractivity (Wildman–Crippen MR) is 131 cm³/mol. The van der Waals surface area contributed by atoms with Crippen LogP contribution in [-0.4, -0.2) is 25.1 Å². The van der Waals surface area contributed by atoms with Gasteiger partial charge in [-0.05, 0) is 66.9 Å². The van der Waals surface area contributed by atoms with Crippen molar-refractivity contribution in [1.82, 2.24) is 18.9 Å². The number of aliphatic imine (C=N–C) groups is 1. The second-order valence-electron chi connectivity index (χ2n) is 7.52. The Bertz CT molecular complexity index is 1630. The summed E-state index contributed by atoms with van der Waals surface area (Å²) in [6, 6.07) is 22.2. The van der Waals surface area contributed by atoms with E-state index < -0.39 is 0 Å². The number of nitrogens with zero attached hydrogens (tertiary/aromatic N) is 5. The van der Waals surface area contributed by atoms with E-state index in [-0.39, 0.29) is 0 Å². The summed E-state index contributed by atoms with van der Waals surface area (Å²) in [5.41, 5.74) is 9.03. The van der Waals surface area contributed by atoms with Crippen LogP contribution < -0.4 is 5.73 Å². The smallest absolute Gasteiger partial charge is 0.159 e. The monoisotopic (exact) mass is 432 g/mol. The van der Waals surface area contributed by atoms with Gasteiger partial charge in [-0.25, -0.2) is 9.67 Å². The molecule has 6 rings (SSSR count). The Morgan fingerprint density at radius 3 is 2.67 bits per heavy atom. The molecule has 0 bridgehead atoms. The molecule has 7 nitrogen and oxygen atoms in total. The summed E-state index contributed by atoms with van der Waals surface area (Å²) < 4.78 is 12.3. The van der Waals surface area contributed by atoms with Crippen molar-refractivity contribution >= 4 is 34.0 Å². The van der Waals surface area contributed by atoms with E-state index >= 15 is 0 Å². The number of allylic oxidation sites excluding steroid dienone is 1. The molecule has 0 atom stereocenters. The van der Waals surface area contributed by atoms with E-state index in [4.69, 9.17) is 10.2 Å². The molecule has 0 aliphatic carbocycles. The molecule has 160 valence electrons. The summed E-state index contributed by atoms with van der Waals surface area (Å²) in [6.07, 6.45) is 12.5. The third-order valence-corrected chi connectivity index (χ3v) is 5.59. The number of benzene rings is 2. The Hall–Kier alpha value is -4.78. The zero-order valence-electron chi connectivity index (χ0n) is 17.6. The van der Waals surface area contributed by atoms with Crippen LogP contribution in [0.5, 0.6) is 0 Å². The molecule has 0 unspecified atom stereocenters. The quantitative estimate of drug-likeness (QED) is 0.364. The number of hydrogen-bond acceptors (Lipinski definition) is 4. The first-order valence-electron chi connectivity index (χ1n) is 10.6. The van der Waals surface area contributed by atoms with Gasteiger partial charge in [0.1, 0.15) is 17.2 Å². The Kier molecular flexibility index (Phi) is 4.43. The van der Waals surface area contributed by atoms with Crippen molar-refractivity contribution in [2.45, 2.75) is 0 Å². The van der Waals surface area contributed by atoms with Crippen LogP contribution in [0.15, 0.2) is 113 Å². The van der Waals surface area contributed by atoms with Crippen LogP contribution in [0.25, 0.3) is 39.1 Å². The Morgan fingerprint density at radius 2 is 1.79 bits per heavy atom. The molecular formula is C26H20N6O. The van der Waals surface area contributed by atoms with E-state index in [1.54, 1.807) is 18.5 Å². The summed E-state index contributed by atoms with van der Waals surface area (Å²) in [5.74, 6) is 1.76. The maximum absolute atomic E-state index is 6.35. The molecule has 0 spiro atoms. The van der Waals surface area contributed by atoms with Gasteiger partial charge < -0.3 is 14.7 Å². The Labute approximate surface area is 189 Å². The summed E-state index contributed by atoms with van der Waals surface area (Å²) >= 11 is 0. The highest BCUT2D eigenvalue weighted by Crippen LogP contribution is 2.35. The van der Waals surface area contributed by atoms with E-state index in [1.165, 1.54) is 6.20 Å². The lowest BCUT2D eigenvalue weighted by molar-refractivity contribution is 0.664. The van der Waals surface area contributed by atoms with Crippen LogP contribution in [0.4, 0.5) is 5.82 Å².